The van der Waals surface area contributed by atoms with Gasteiger partial charge < -0.3 is 15.0 Å². The summed E-state index contributed by atoms with van der Waals surface area (Å²) in [6, 6.07) is 0. The summed E-state index contributed by atoms with van der Waals surface area (Å²) in [5, 5.41) is 3.45. The van der Waals surface area contributed by atoms with Crippen molar-refractivity contribution in [3.63, 3.8) is 0 Å². The van der Waals surface area contributed by atoms with Gasteiger partial charge in [0.15, 0.2) is 0 Å². The molecule has 1 heterocycles. The zero-order valence-corrected chi connectivity index (χ0v) is 10.6. The molecule has 1 saturated carbocycles. The summed E-state index contributed by atoms with van der Waals surface area (Å²) in [5.74, 6) is 2.06. The first kappa shape index (κ1) is 12.3. The minimum absolute atomic E-state index is 0.831. The van der Waals surface area contributed by atoms with Crippen molar-refractivity contribution in [3.8, 4) is 0 Å². The van der Waals surface area contributed by atoms with Crippen molar-refractivity contribution in [2.75, 3.05) is 45.9 Å². The molecule has 3 nitrogen and oxygen atoms in total. The zero-order valence-electron chi connectivity index (χ0n) is 10.6. The average Bonchev–Trinajstić information content (AvgIpc) is 2.83. The van der Waals surface area contributed by atoms with Gasteiger partial charge in [-0.15, -0.1) is 0 Å². The van der Waals surface area contributed by atoms with E-state index in [2.05, 4.69) is 10.2 Å². The van der Waals surface area contributed by atoms with E-state index >= 15 is 0 Å². The topological polar surface area (TPSA) is 24.5 Å². The summed E-state index contributed by atoms with van der Waals surface area (Å²) in [6.07, 6.45) is 4.45. The Balaban J connectivity index is 1.48. The molecular formula is C13H26N2O. The molecule has 1 N–H and O–H groups in total. The second-order valence-electron chi connectivity index (χ2n) is 5.16. The van der Waals surface area contributed by atoms with Gasteiger partial charge in [-0.2, -0.15) is 0 Å². The van der Waals surface area contributed by atoms with E-state index in [1.54, 1.807) is 0 Å². The van der Waals surface area contributed by atoms with Gasteiger partial charge in [0, 0.05) is 39.3 Å². The third-order valence-electron chi connectivity index (χ3n) is 4.03. The molecule has 0 aromatic rings. The fourth-order valence-corrected chi connectivity index (χ4v) is 3.17. The molecule has 2 unspecified atom stereocenters. The minimum atomic E-state index is 0.831. The number of likely N-dealkylation sites (tertiary alicyclic amines) is 1. The highest BCUT2D eigenvalue weighted by Crippen LogP contribution is 2.37. The van der Waals surface area contributed by atoms with Crippen LogP contribution in [0.5, 0.6) is 0 Å². The number of nitrogens with one attached hydrogen (secondary N) is 1. The molecule has 1 aliphatic carbocycles. The van der Waals surface area contributed by atoms with Crippen molar-refractivity contribution in [3.05, 3.63) is 0 Å². The Labute approximate surface area is 99.5 Å². The molecule has 0 spiro atoms. The maximum absolute atomic E-state index is 5.29. The maximum Gasteiger partial charge on any atom is 0.0590 e. The lowest BCUT2D eigenvalue weighted by Gasteiger charge is -2.16. The van der Waals surface area contributed by atoms with Gasteiger partial charge in [-0.05, 0) is 31.6 Å². The van der Waals surface area contributed by atoms with Crippen LogP contribution >= 0.6 is 0 Å². The second-order valence-corrected chi connectivity index (χ2v) is 5.16. The van der Waals surface area contributed by atoms with Crippen molar-refractivity contribution in [1.29, 1.82) is 0 Å². The normalized spacial score (nSPS) is 29.8. The van der Waals surface area contributed by atoms with Crippen LogP contribution in [0.3, 0.4) is 0 Å². The van der Waals surface area contributed by atoms with Crippen LogP contribution in [0.4, 0.5) is 0 Å². The Morgan fingerprint density at radius 1 is 1.19 bits per heavy atom. The van der Waals surface area contributed by atoms with Crippen molar-refractivity contribution in [1.82, 2.24) is 10.2 Å². The number of hydrogen-bond acceptors (Lipinski definition) is 3. The molecule has 0 bridgehead atoms. The minimum Gasteiger partial charge on any atom is -0.380 e. The molecule has 16 heavy (non-hydrogen) atoms. The molecule has 2 aliphatic rings. The molecule has 2 atom stereocenters. The number of fused-ring (bicyclic) bond motifs is 1. The lowest BCUT2D eigenvalue weighted by Crippen LogP contribution is -2.32. The Morgan fingerprint density at radius 2 is 1.94 bits per heavy atom. The van der Waals surface area contributed by atoms with Crippen LogP contribution in [0, 0.1) is 11.8 Å². The second kappa shape index (κ2) is 6.58. The lowest BCUT2D eigenvalue weighted by atomic mass is 10.0. The molecule has 0 radical (unpaired) electrons. The summed E-state index contributed by atoms with van der Waals surface area (Å²) < 4.78 is 5.29. The van der Waals surface area contributed by atoms with Gasteiger partial charge in [-0.3, -0.25) is 0 Å². The molecule has 94 valence electrons. The largest absolute Gasteiger partial charge is 0.380 e. The Bertz CT molecular complexity index is 186. The van der Waals surface area contributed by atoms with Crippen LogP contribution in [0.1, 0.15) is 26.2 Å². The van der Waals surface area contributed by atoms with E-state index in [9.17, 15) is 0 Å². The smallest absolute Gasteiger partial charge is 0.0590 e. The van der Waals surface area contributed by atoms with Crippen LogP contribution in [-0.4, -0.2) is 50.8 Å². The molecular weight excluding hydrogens is 200 g/mol. The van der Waals surface area contributed by atoms with Crippen molar-refractivity contribution >= 4 is 0 Å². The van der Waals surface area contributed by atoms with Gasteiger partial charge in [0.1, 0.15) is 0 Å². The highest BCUT2D eigenvalue weighted by molar-refractivity contribution is 4.88. The van der Waals surface area contributed by atoms with Gasteiger partial charge in [0.25, 0.3) is 0 Å². The summed E-state index contributed by atoms with van der Waals surface area (Å²) in [6.45, 7) is 9.78. The summed E-state index contributed by atoms with van der Waals surface area (Å²) in [4.78, 5) is 2.64. The molecule has 0 aromatic carbocycles. The van der Waals surface area contributed by atoms with Crippen LogP contribution in [0.15, 0.2) is 0 Å². The van der Waals surface area contributed by atoms with E-state index in [1.807, 2.05) is 6.92 Å². The Morgan fingerprint density at radius 3 is 2.62 bits per heavy atom. The number of hydrogen-bond donors (Lipinski definition) is 1. The number of nitrogens with zero attached hydrogens (tertiary/aromatic N) is 1. The van der Waals surface area contributed by atoms with Gasteiger partial charge in [-0.25, -0.2) is 0 Å². The quantitative estimate of drug-likeness (QED) is 0.663. The van der Waals surface area contributed by atoms with Crippen LogP contribution in [0.25, 0.3) is 0 Å². The molecule has 1 saturated heterocycles. The third-order valence-corrected chi connectivity index (χ3v) is 4.03. The maximum atomic E-state index is 5.29. The van der Waals surface area contributed by atoms with E-state index in [1.165, 1.54) is 38.9 Å². The van der Waals surface area contributed by atoms with Gasteiger partial charge in [-0.1, -0.05) is 6.42 Å². The van der Waals surface area contributed by atoms with Crippen molar-refractivity contribution in [2.24, 2.45) is 11.8 Å². The zero-order chi connectivity index (χ0) is 11.2. The monoisotopic (exact) mass is 226 g/mol. The SMILES string of the molecule is CCOCCNCCN1CC2CCCC2C1. The standard InChI is InChI=1S/C13H26N2O/c1-2-16-9-7-14-6-8-15-10-12-4-3-5-13(12)11-15/h12-14H,2-11H2,1H3. The highest BCUT2D eigenvalue weighted by atomic mass is 16.5. The molecule has 2 fully saturated rings. The molecule has 0 aromatic heterocycles. The summed E-state index contributed by atoms with van der Waals surface area (Å²) in [5.41, 5.74) is 0. The predicted molar refractivity (Wildman–Crippen MR) is 66.6 cm³/mol. The predicted octanol–water partition coefficient (Wildman–Crippen LogP) is 1.34. The van der Waals surface area contributed by atoms with E-state index in [-0.39, 0.29) is 0 Å². The Kier molecular flexibility index (Phi) is 5.07. The van der Waals surface area contributed by atoms with Gasteiger partial charge in [0.2, 0.25) is 0 Å². The molecule has 2 rings (SSSR count). The Hall–Kier alpha value is -0.120. The van der Waals surface area contributed by atoms with Crippen LogP contribution in [0.2, 0.25) is 0 Å². The first-order valence-electron chi connectivity index (χ1n) is 6.91. The van der Waals surface area contributed by atoms with Crippen molar-refractivity contribution in [2.45, 2.75) is 26.2 Å². The van der Waals surface area contributed by atoms with Crippen molar-refractivity contribution < 1.29 is 4.74 Å². The van der Waals surface area contributed by atoms with Crippen LogP contribution < -0.4 is 5.32 Å². The van der Waals surface area contributed by atoms with Gasteiger partial charge >= 0.3 is 0 Å². The fourth-order valence-electron chi connectivity index (χ4n) is 3.17. The highest BCUT2D eigenvalue weighted by Gasteiger charge is 2.35. The lowest BCUT2D eigenvalue weighted by molar-refractivity contribution is 0.148. The third kappa shape index (κ3) is 3.44. The van der Waals surface area contributed by atoms with E-state index in [0.717, 1.165) is 38.1 Å². The first-order chi connectivity index (χ1) is 7.90. The molecule has 1 aliphatic heterocycles. The first-order valence-corrected chi connectivity index (χ1v) is 6.91. The van der Waals surface area contributed by atoms with Crippen LogP contribution in [-0.2, 0) is 4.74 Å². The molecule has 3 heteroatoms. The van der Waals surface area contributed by atoms with E-state index < -0.39 is 0 Å². The summed E-state index contributed by atoms with van der Waals surface area (Å²) >= 11 is 0. The number of ether oxygens (including phenoxy) is 1. The van der Waals surface area contributed by atoms with E-state index in [4.69, 9.17) is 4.74 Å². The van der Waals surface area contributed by atoms with Gasteiger partial charge in [0.05, 0.1) is 6.61 Å². The summed E-state index contributed by atoms with van der Waals surface area (Å²) in [7, 11) is 0. The fraction of sp³-hybridized carbons (Fsp3) is 1.00. The molecule has 0 amide bonds. The van der Waals surface area contributed by atoms with E-state index in [0.29, 0.717) is 0 Å². The average molecular weight is 226 g/mol. The number of rotatable bonds is 7.